The average Bonchev–Trinajstić information content (AvgIpc) is 2.51. The Morgan fingerprint density at radius 3 is 3.00 bits per heavy atom. The van der Waals surface area contributed by atoms with Crippen LogP contribution in [0, 0.1) is 6.92 Å². The van der Waals surface area contributed by atoms with Gasteiger partial charge in [-0.1, -0.05) is 6.92 Å². The van der Waals surface area contributed by atoms with Crippen molar-refractivity contribution in [1.29, 1.82) is 0 Å². The molecule has 13 heavy (non-hydrogen) atoms. The highest BCUT2D eigenvalue weighted by Gasteiger charge is 2.02. The summed E-state index contributed by atoms with van der Waals surface area (Å²) in [6, 6.07) is 4.20. The van der Waals surface area contributed by atoms with Gasteiger partial charge in [-0.15, -0.1) is 0 Å². The maximum atomic E-state index is 4.38. The lowest BCUT2D eigenvalue weighted by molar-refractivity contribution is 0.697. The first-order valence-electron chi connectivity index (χ1n) is 4.73. The summed E-state index contributed by atoms with van der Waals surface area (Å²) in [7, 11) is 0. The minimum atomic E-state index is 1.06. The summed E-state index contributed by atoms with van der Waals surface area (Å²) >= 11 is 0. The van der Waals surface area contributed by atoms with Crippen molar-refractivity contribution < 1.29 is 0 Å². The number of fused-ring (bicyclic) bond motifs is 1. The highest BCUT2D eigenvalue weighted by molar-refractivity contribution is 5.79. The van der Waals surface area contributed by atoms with Crippen LogP contribution in [-0.4, -0.2) is 9.55 Å². The maximum Gasteiger partial charge on any atom is 0.140 e. The Morgan fingerprint density at radius 1 is 1.38 bits per heavy atom. The van der Waals surface area contributed by atoms with Crippen molar-refractivity contribution in [2.24, 2.45) is 0 Å². The van der Waals surface area contributed by atoms with Gasteiger partial charge in [-0.05, 0) is 31.0 Å². The van der Waals surface area contributed by atoms with Crippen LogP contribution in [0.3, 0.4) is 0 Å². The zero-order valence-electron chi connectivity index (χ0n) is 8.12. The van der Waals surface area contributed by atoms with Gasteiger partial charge in [-0.25, -0.2) is 4.98 Å². The lowest BCUT2D eigenvalue weighted by Gasteiger charge is -2.01. The topological polar surface area (TPSA) is 17.8 Å². The molecule has 2 rings (SSSR count). The van der Waals surface area contributed by atoms with Gasteiger partial charge in [-0.2, -0.15) is 0 Å². The first-order chi connectivity index (χ1) is 6.33. The van der Waals surface area contributed by atoms with Crippen molar-refractivity contribution in [1.82, 2.24) is 9.55 Å². The van der Waals surface area contributed by atoms with Crippen LogP contribution in [0.4, 0.5) is 0 Å². The van der Waals surface area contributed by atoms with Gasteiger partial charge in [0.2, 0.25) is 0 Å². The van der Waals surface area contributed by atoms with Crippen molar-refractivity contribution in [3.63, 3.8) is 0 Å². The summed E-state index contributed by atoms with van der Waals surface area (Å²) in [5, 5.41) is 1.27. The van der Waals surface area contributed by atoms with Gasteiger partial charge in [0.1, 0.15) is 5.65 Å². The monoisotopic (exact) mass is 174 g/mol. The van der Waals surface area contributed by atoms with E-state index in [9.17, 15) is 0 Å². The molecule has 0 spiro atoms. The molecule has 0 aliphatic carbocycles. The number of rotatable bonds is 2. The number of nitrogens with zero attached hydrogens (tertiary/aromatic N) is 2. The Labute approximate surface area is 78.2 Å². The fourth-order valence-corrected chi connectivity index (χ4v) is 1.65. The van der Waals surface area contributed by atoms with Gasteiger partial charge < -0.3 is 4.57 Å². The lowest BCUT2D eigenvalue weighted by Crippen LogP contribution is -1.95. The van der Waals surface area contributed by atoms with Crippen LogP contribution in [0.1, 0.15) is 18.9 Å². The maximum absolute atomic E-state index is 4.38. The molecular weight excluding hydrogens is 160 g/mol. The molecule has 0 saturated heterocycles. The van der Waals surface area contributed by atoms with Gasteiger partial charge in [0.05, 0.1) is 0 Å². The summed E-state index contributed by atoms with van der Waals surface area (Å²) in [4.78, 5) is 4.38. The third-order valence-corrected chi connectivity index (χ3v) is 2.34. The van der Waals surface area contributed by atoms with Crippen molar-refractivity contribution in [2.45, 2.75) is 26.8 Å². The molecule has 0 saturated carbocycles. The minimum Gasteiger partial charge on any atom is -0.333 e. The molecular formula is C11H14N2. The molecule has 2 nitrogen and oxygen atoms in total. The molecule has 0 fully saturated rings. The van der Waals surface area contributed by atoms with E-state index >= 15 is 0 Å². The van der Waals surface area contributed by atoms with Crippen LogP contribution < -0.4 is 0 Å². The summed E-state index contributed by atoms with van der Waals surface area (Å²) in [5.74, 6) is 0. The van der Waals surface area contributed by atoms with E-state index in [2.05, 4.69) is 41.7 Å². The molecule has 2 heterocycles. The second kappa shape index (κ2) is 3.21. The molecule has 0 aromatic carbocycles. The van der Waals surface area contributed by atoms with Crippen LogP contribution in [-0.2, 0) is 6.54 Å². The van der Waals surface area contributed by atoms with E-state index in [-0.39, 0.29) is 0 Å². The number of aryl methyl sites for hydroxylation is 2. The SMILES string of the molecule is CCCn1ccc2c(C)ccnc21. The zero-order chi connectivity index (χ0) is 9.26. The smallest absolute Gasteiger partial charge is 0.140 e. The molecule has 0 aliphatic heterocycles. The molecule has 0 amide bonds. The van der Waals surface area contributed by atoms with E-state index in [0.717, 1.165) is 18.6 Å². The number of hydrogen-bond donors (Lipinski definition) is 0. The summed E-state index contributed by atoms with van der Waals surface area (Å²) in [6.07, 6.45) is 5.15. The highest BCUT2D eigenvalue weighted by atomic mass is 15.0. The molecule has 2 heteroatoms. The van der Waals surface area contributed by atoms with E-state index in [4.69, 9.17) is 0 Å². The normalized spacial score (nSPS) is 10.9. The van der Waals surface area contributed by atoms with E-state index < -0.39 is 0 Å². The largest absolute Gasteiger partial charge is 0.333 e. The highest BCUT2D eigenvalue weighted by Crippen LogP contribution is 2.16. The molecule has 0 atom stereocenters. The quantitative estimate of drug-likeness (QED) is 0.684. The van der Waals surface area contributed by atoms with Gasteiger partial charge in [0.15, 0.2) is 0 Å². The van der Waals surface area contributed by atoms with Crippen molar-refractivity contribution in [2.75, 3.05) is 0 Å². The fraction of sp³-hybridized carbons (Fsp3) is 0.364. The number of aromatic nitrogens is 2. The summed E-state index contributed by atoms with van der Waals surface area (Å²) in [5.41, 5.74) is 2.42. The minimum absolute atomic E-state index is 1.06. The predicted octanol–water partition coefficient (Wildman–Crippen LogP) is 2.75. The molecule has 0 radical (unpaired) electrons. The van der Waals surface area contributed by atoms with E-state index in [0.29, 0.717) is 0 Å². The molecule has 0 aliphatic rings. The molecule has 68 valence electrons. The van der Waals surface area contributed by atoms with Gasteiger partial charge in [0.25, 0.3) is 0 Å². The standard InChI is InChI=1S/C11H14N2/c1-3-7-13-8-5-10-9(2)4-6-12-11(10)13/h4-6,8H,3,7H2,1-2H3. The van der Waals surface area contributed by atoms with Crippen LogP contribution in [0.25, 0.3) is 11.0 Å². The summed E-state index contributed by atoms with van der Waals surface area (Å²) < 4.78 is 2.21. The molecule has 2 aromatic heterocycles. The Bertz CT molecular complexity index is 415. The van der Waals surface area contributed by atoms with Crippen LogP contribution >= 0.6 is 0 Å². The van der Waals surface area contributed by atoms with E-state index in [1.54, 1.807) is 0 Å². The molecule has 0 N–H and O–H groups in total. The zero-order valence-corrected chi connectivity index (χ0v) is 8.12. The molecule has 0 unspecified atom stereocenters. The van der Waals surface area contributed by atoms with E-state index in [1.165, 1.54) is 10.9 Å². The van der Waals surface area contributed by atoms with E-state index in [1.807, 2.05) is 6.20 Å². The number of hydrogen-bond acceptors (Lipinski definition) is 1. The average molecular weight is 174 g/mol. The Morgan fingerprint density at radius 2 is 2.23 bits per heavy atom. The van der Waals surface area contributed by atoms with Crippen molar-refractivity contribution in [3.8, 4) is 0 Å². The third kappa shape index (κ3) is 1.32. The van der Waals surface area contributed by atoms with Crippen LogP contribution in [0.15, 0.2) is 24.5 Å². The second-order valence-electron chi connectivity index (χ2n) is 3.37. The summed E-state index contributed by atoms with van der Waals surface area (Å²) in [6.45, 7) is 5.36. The molecule has 2 aromatic rings. The predicted molar refractivity (Wildman–Crippen MR) is 54.8 cm³/mol. The van der Waals surface area contributed by atoms with Gasteiger partial charge >= 0.3 is 0 Å². The van der Waals surface area contributed by atoms with Gasteiger partial charge in [0, 0.05) is 24.3 Å². The second-order valence-corrected chi connectivity index (χ2v) is 3.37. The molecule has 0 bridgehead atoms. The third-order valence-electron chi connectivity index (χ3n) is 2.34. The Kier molecular flexibility index (Phi) is 2.05. The van der Waals surface area contributed by atoms with Crippen molar-refractivity contribution >= 4 is 11.0 Å². The first-order valence-corrected chi connectivity index (χ1v) is 4.73. The fourth-order valence-electron chi connectivity index (χ4n) is 1.65. The van der Waals surface area contributed by atoms with Gasteiger partial charge in [-0.3, -0.25) is 0 Å². The van der Waals surface area contributed by atoms with Crippen molar-refractivity contribution in [3.05, 3.63) is 30.1 Å². The first kappa shape index (κ1) is 8.30. The van der Waals surface area contributed by atoms with Crippen LogP contribution in [0.5, 0.6) is 0 Å². The Hall–Kier alpha value is -1.31. The Balaban J connectivity index is 2.61. The van der Waals surface area contributed by atoms with Crippen LogP contribution in [0.2, 0.25) is 0 Å². The number of pyridine rings is 1. The lowest BCUT2D eigenvalue weighted by atomic mass is 10.2.